The Morgan fingerprint density at radius 2 is 1.32 bits per heavy atom. The van der Waals surface area contributed by atoms with Gasteiger partial charge in [0.2, 0.25) is 0 Å². The molecule has 0 aromatic rings. The molecular formula is C19H34O2S. The normalized spacial score (nSPS) is 13.7. The van der Waals surface area contributed by atoms with Crippen LogP contribution in [-0.4, -0.2) is 17.1 Å². The van der Waals surface area contributed by atoms with Gasteiger partial charge >= 0.3 is 0 Å². The fourth-order valence-electron chi connectivity index (χ4n) is 2.01. The predicted molar refractivity (Wildman–Crippen MR) is 99.3 cm³/mol. The molecule has 3 heteroatoms. The van der Waals surface area contributed by atoms with Gasteiger partial charge in [0.05, 0.1) is 6.61 Å². The Labute approximate surface area is 140 Å². The Morgan fingerprint density at radius 3 is 1.86 bits per heavy atom. The van der Waals surface area contributed by atoms with Gasteiger partial charge in [-0.25, -0.2) is 4.21 Å². The summed E-state index contributed by atoms with van der Waals surface area (Å²) < 4.78 is 15.7. The lowest BCUT2D eigenvalue weighted by atomic mass is 10.2. The fourth-order valence-corrected chi connectivity index (χ4v) is 2.36. The summed E-state index contributed by atoms with van der Waals surface area (Å²) >= 11 is -1.11. The van der Waals surface area contributed by atoms with Crippen LogP contribution in [0.3, 0.4) is 0 Å². The van der Waals surface area contributed by atoms with Gasteiger partial charge in [-0.2, -0.15) is 0 Å². The molecular weight excluding hydrogens is 292 g/mol. The van der Waals surface area contributed by atoms with E-state index in [0.717, 1.165) is 32.1 Å². The van der Waals surface area contributed by atoms with Crippen molar-refractivity contribution in [1.82, 2.24) is 0 Å². The molecule has 22 heavy (non-hydrogen) atoms. The molecule has 0 fully saturated rings. The molecule has 2 nitrogen and oxygen atoms in total. The molecule has 0 amide bonds. The maximum absolute atomic E-state index is 10.7. The summed E-state index contributed by atoms with van der Waals surface area (Å²) in [6.45, 7) is 2.85. The summed E-state index contributed by atoms with van der Waals surface area (Å²) in [5.74, 6) is 0. The van der Waals surface area contributed by atoms with Crippen LogP contribution in [-0.2, 0) is 15.3 Å². The van der Waals surface area contributed by atoms with E-state index < -0.39 is 11.1 Å². The molecule has 0 N–H and O–H groups in total. The van der Waals surface area contributed by atoms with Crippen molar-refractivity contribution in [3.63, 3.8) is 0 Å². The van der Waals surface area contributed by atoms with Crippen molar-refractivity contribution in [2.45, 2.75) is 71.1 Å². The third kappa shape index (κ3) is 19.3. The first-order chi connectivity index (χ1) is 10.8. The van der Waals surface area contributed by atoms with E-state index in [-0.39, 0.29) is 0 Å². The second kappa shape index (κ2) is 18.4. The third-order valence-corrected chi connectivity index (χ3v) is 3.78. The first kappa shape index (κ1) is 21.3. The van der Waals surface area contributed by atoms with Crippen LogP contribution >= 0.6 is 0 Å². The van der Waals surface area contributed by atoms with Crippen LogP contribution in [0, 0.1) is 0 Å². The molecule has 0 aliphatic carbocycles. The lowest BCUT2D eigenvalue weighted by molar-refractivity contribution is 0.336. The topological polar surface area (TPSA) is 26.3 Å². The van der Waals surface area contributed by atoms with Crippen LogP contribution in [0.4, 0.5) is 0 Å². The Morgan fingerprint density at radius 1 is 0.773 bits per heavy atom. The van der Waals surface area contributed by atoms with Gasteiger partial charge in [-0.05, 0) is 44.9 Å². The van der Waals surface area contributed by atoms with Gasteiger partial charge in [-0.1, -0.05) is 62.6 Å². The molecule has 0 saturated carbocycles. The number of hydrogen-bond acceptors (Lipinski definition) is 2. The minimum Gasteiger partial charge on any atom is -0.291 e. The number of allylic oxidation sites excluding steroid dienone is 6. The summed E-state index contributed by atoms with van der Waals surface area (Å²) in [6.07, 6.45) is 26.8. The van der Waals surface area contributed by atoms with Crippen molar-refractivity contribution in [3.8, 4) is 0 Å². The molecule has 0 bridgehead atoms. The van der Waals surface area contributed by atoms with Crippen molar-refractivity contribution in [1.29, 1.82) is 0 Å². The van der Waals surface area contributed by atoms with Gasteiger partial charge in [0, 0.05) is 6.26 Å². The minimum atomic E-state index is -1.11. The molecule has 0 aliphatic heterocycles. The first-order valence-electron chi connectivity index (χ1n) is 8.69. The van der Waals surface area contributed by atoms with E-state index in [1.54, 1.807) is 6.26 Å². The summed E-state index contributed by atoms with van der Waals surface area (Å²) in [4.78, 5) is 0. The number of hydrogen-bond donors (Lipinski definition) is 0. The van der Waals surface area contributed by atoms with Crippen molar-refractivity contribution < 1.29 is 8.39 Å². The molecule has 0 spiro atoms. The highest BCUT2D eigenvalue weighted by Crippen LogP contribution is 2.03. The molecule has 0 radical (unpaired) electrons. The van der Waals surface area contributed by atoms with E-state index in [0.29, 0.717) is 6.61 Å². The van der Waals surface area contributed by atoms with Crippen molar-refractivity contribution in [2.75, 3.05) is 12.9 Å². The summed E-state index contributed by atoms with van der Waals surface area (Å²) in [6, 6.07) is 0. The maximum atomic E-state index is 10.7. The third-order valence-electron chi connectivity index (χ3n) is 3.28. The first-order valence-corrected chi connectivity index (χ1v) is 10.2. The van der Waals surface area contributed by atoms with E-state index in [9.17, 15) is 4.21 Å². The van der Waals surface area contributed by atoms with Crippen LogP contribution in [0.25, 0.3) is 0 Å². The van der Waals surface area contributed by atoms with E-state index in [4.69, 9.17) is 4.18 Å². The molecule has 128 valence electrons. The standard InChI is InChI=1S/C19H34O2S/c1-3-4-5-6-7-8-9-10-11-12-13-14-15-16-17-18-19-21-22(2)20/h7-8,10-11,13-14H,3-6,9,12,15-19H2,1-2H3/b8-7-,11-10-,14-13-. The highest BCUT2D eigenvalue weighted by molar-refractivity contribution is 7.79. The molecule has 1 unspecified atom stereocenters. The SMILES string of the molecule is CCCCC/C=C\C/C=C\C/C=C\CCCCCOS(C)=O. The monoisotopic (exact) mass is 326 g/mol. The van der Waals surface area contributed by atoms with Crippen LogP contribution in [0.2, 0.25) is 0 Å². The smallest absolute Gasteiger partial charge is 0.152 e. The molecule has 0 aliphatic rings. The van der Waals surface area contributed by atoms with Gasteiger partial charge in [-0.15, -0.1) is 0 Å². The Hall–Kier alpha value is -0.670. The van der Waals surface area contributed by atoms with E-state index in [1.165, 1.54) is 32.1 Å². The zero-order valence-corrected chi connectivity index (χ0v) is 15.3. The number of rotatable bonds is 15. The van der Waals surface area contributed by atoms with Gasteiger partial charge in [0.15, 0.2) is 11.1 Å². The van der Waals surface area contributed by atoms with E-state index >= 15 is 0 Å². The molecule has 0 aromatic heterocycles. The van der Waals surface area contributed by atoms with Gasteiger partial charge in [0.25, 0.3) is 0 Å². The summed E-state index contributed by atoms with van der Waals surface area (Å²) in [7, 11) is 0. The second-order valence-electron chi connectivity index (χ2n) is 5.45. The van der Waals surface area contributed by atoms with Gasteiger partial charge in [0.1, 0.15) is 0 Å². The molecule has 1 atom stereocenters. The van der Waals surface area contributed by atoms with Gasteiger partial charge in [-0.3, -0.25) is 4.18 Å². The molecule has 0 rings (SSSR count). The average molecular weight is 327 g/mol. The van der Waals surface area contributed by atoms with E-state index in [1.807, 2.05) is 0 Å². The Kier molecular flexibility index (Phi) is 17.8. The van der Waals surface area contributed by atoms with Gasteiger partial charge < -0.3 is 0 Å². The second-order valence-corrected chi connectivity index (χ2v) is 6.49. The fraction of sp³-hybridized carbons (Fsp3) is 0.684. The average Bonchev–Trinajstić information content (AvgIpc) is 2.50. The highest BCUT2D eigenvalue weighted by Gasteiger charge is 1.91. The summed E-state index contributed by atoms with van der Waals surface area (Å²) in [5, 5.41) is 0. The quantitative estimate of drug-likeness (QED) is 0.277. The summed E-state index contributed by atoms with van der Waals surface area (Å²) in [5.41, 5.74) is 0. The lowest BCUT2D eigenvalue weighted by Gasteiger charge is -1.98. The highest BCUT2D eigenvalue weighted by atomic mass is 32.2. The maximum Gasteiger partial charge on any atom is 0.152 e. The van der Waals surface area contributed by atoms with E-state index in [2.05, 4.69) is 43.4 Å². The zero-order valence-electron chi connectivity index (χ0n) is 14.5. The largest absolute Gasteiger partial charge is 0.291 e. The molecule has 0 aromatic carbocycles. The minimum absolute atomic E-state index is 0.613. The van der Waals surface area contributed by atoms with Crippen LogP contribution in [0.15, 0.2) is 36.5 Å². The van der Waals surface area contributed by atoms with Crippen molar-refractivity contribution >= 4 is 11.1 Å². The van der Waals surface area contributed by atoms with Crippen molar-refractivity contribution in [3.05, 3.63) is 36.5 Å². The van der Waals surface area contributed by atoms with Crippen LogP contribution in [0.5, 0.6) is 0 Å². The Balaban J connectivity index is 3.29. The predicted octanol–water partition coefficient (Wildman–Crippen LogP) is 5.89. The zero-order chi connectivity index (χ0) is 16.3. The van der Waals surface area contributed by atoms with Crippen LogP contribution in [0.1, 0.15) is 71.1 Å². The number of unbranched alkanes of at least 4 members (excludes halogenated alkanes) is 6. The molecule has 0 heterocycles. The molecule has 0 saturated heterocycles. The lowest BCUT2D eigenvalue weighted by Crippen LogP contribution is -1.96. The van der Waals surface area contributed by atoms with Crippen LogP contribution < -0.4 is 0 Å². The Bertz CT molecular complexity index is 332. The van der Waals surface area contributed by atoms with Crippen molar-refractivity contribution in [2.24, 2.45) is 0 Å².